The zero-order valence-electron chi connectivity index (χ0n) is 21.1. The van der Waals surface area contributed by atoms with Crippen molar-refractivity contribution in [1.29, 1.82) is 0 Å². The smallest absolute Gasteiger partial charge is 0.142 e. The molecule has 3 heteroatoms. The van der Waals surface area contributed by atoms with E-state index in [0.717, 1.165) is 0 Å². The lowest BCUT2D eigenvalue weighted by molar-refractivity contribution is 0.243. The van der Waals surface area contributed by atoms with Crippen LogP contribution in [0.3, 0.4) is 0 Å². The number of hydrogen-bond acceptors (Lipinski definition) is 3. The first-order valence-corrected chi connectivity index (χ1v) is 5.66. The fourth-order valence-electron chi connectivity index (χ4n) is 2.07. The summed E-state index contributed by atoms with van der Waals surface area (Å²) < 4.78 is 89.7. The lowest BCUT2D eigenvalue weighted by atomic mass is 9.87. The van der Waals surface area contributed by atoms with Gasteiger partial charge in [0, 0.05) is 13.7 Å². The van der Waals surface area contributed by atoms with E-state index in [-0.39, 0.29) is 24.3 Å². The van der Waals surface area contributed by atoms with Crippen LogP contribution in [0.5, 0.6) is 5.75 Å². The van der Waals surface area contributed by atoms with Gasteiger partial charge in [0.05, 0.1) is 13.1 Å². The van der Waals surface area contributed by atoms with E-state index in [0.29, 0.717) is 11.1 Å². The number of piperidine rings is 1. The molecule has 1 saturated heterocycles. The van der Waals surface area contributed by atoms with Gasteiger partial charge in [-0.15, -0.1) is 0 Å². The molecule has 1 heterocycles. The third-order valence-electron chi connectivity index (χ3n) is 2.92. The van der Waals surface area contributed by atoms with Crippen LogP contribution in [-0.4, -0.2) is 19.1 Å². The summed E-state index contributed by atoms with van der Waals surface area (Å²) in [5.74, 6) is -0.933. The maximum absolute atomic E-state index is 8.02. The minimum Gasteiger partial charge on any atom is -0.489 e. The molecular formula is C15H24N2O. The predicted molar refractivity (Wildman–Crippen MR) is 76.2 cm³/mol. The number of benzene rings is 1. The number of nitrogens with two attached hydrogens (primary N) is 1. The van der Waals surface area contributed by atoms with Gasteiger partial charge < -0.3 is 15.8 Å². The molecule has 1 aromatic carbocycles. The number of rotatable bonds is 3. The third kappa shape index (κ3) is 2.96. The van der Waals surface area contributed by atoms with Crippen molar-refractivity contribution in [2.24, 2.45) is 0 Å². The molecule has 0 saturated carbocycles. The number of aryl methyl sites for hydroxylation is 1. The summed E-state index contributed by atoms with van der Waals surface area (Å²) in [6, 6.07) is 2.70. The zero-order valence-corrected chi connectivity index (χ0v) is 10.1. The molecule has 0 aliphatic carbocycles. The van der Waals surface area contributed by atoms with E-state index in [4.69, 9.17) is 25.5 Å². The zero-order chi connectivity index (χ0) is 22.6. The van der Waals surface area contributed by atoms with Crippen LogP contribution >= 0.6 is 0 Å². The minimum atomic E-state index is -3.31. The van der Waals surface area contributed by atoms with Crippen LogP contribution in [0.1, 0.15) is 58.7 Å². The van der Waals surface area contributed by atoms with Crippen molar-refractivity contribution in [3.63, 3.8) is 0 Å². The van der Waals surface area contributed by atoms with Crippen LogP contribution < -0.4 is 15.8 Å². The van der Waals surface area contributed by atoms with Gasteiger partial charge in [0.25, 0.3) is 0 Å². The van der Waals surface area contributed by atoms with Gasteiger partial charge in [-0.2, -0.15) is 0 Å². The largest absolute Gasteiger partial charge is 0.489 e. The first kappa shape index (κ1) is 5.04. The van der Waals surface area contributed by atoms with Crippen molar-refractivity contribution >= 4 is 5.69 Å². The second-order valence-corrected chi connectivity index (χ2v) is 4.26. The Kier molecular flexibility index (Phi) is 1.57. The average Bonchev–Trinajstić information content (AvgIpc) is 2.44. The summed E-state index contributed by atoms with van der Waals surface area (Å²) in [5.41, 5.74) is 6.85. The van der Waals surface area contributed by atoms with Gasteiger partial charge in [0.2, 0.25) is 0 Å². The number of hydrogen-bond donors (Lipinski definition) is 2. The number of ether oxygens (including phenoxy) is 1. The van der Waals surface area contributed by atoms with Gasteiger partial charge in [0.1, 0.15) is 5.75 Å². The Bertz CT molecular complexity index is 743. The fourth-order valence-corrected chi connectivity index (χ4v) is 2.07. The highest BCUT2D eigenvalue weighted by Crippen LogP contribution is 2.34. The van der Waals surface area contributed by atoms with E-state index in [1.165, 1.54) is 12.1 Å². The molecule has 3 N–H and O–H groups in total. The van der Waals surface area contributed by atoms with Crippen molar-refractivity contribution in [2.75, 3.05) is 18.7 Å². The van der Waals surface area contributed by atoms with Crippen LogP contribution in [-0.2, 0) is 0 Å². The van der Waals surface area contributed by atoms with E-state index in [1.807, 2.05) is 0 Å². The summed E-state index contributed by atoms with van der Waals surface area (Å²) in [4.78, 5) is 0. The Labute approximate surface area is 125 Å². The van der Waals surface area contributed by atoms with E-state index in [9.17, 15) is 0 Å². The van der Waals surface area contributed by atoms with Crippen LogP contribution in [0.2, 0.25) is 0 Å². The Morgan fingerprint density at radius 3 is 2.89 bits per heavy atom. The quantitative estimate of drug-likeness (QED) is 0.821. The molecule has 100 valence electrons. The number of nitrogens with one attached hydrogen (secondary N) is 1. The van der Waals surface area contributed by atoms with Crippen LogP contribution in [0, 0.1) is 6.92 Å². The van der Waals surface area contributed by atoms with Gasteiger partial charge >= 0.3 is 0 Å². The highest BCUT2D eigenvalue weighted by molar-refractivity contribution is 5.57. The molecule has 0 radical (unpaired) electrons. The fraction of sp³-hybridized carbons (Fsp3) is 0.600. The Morgan fingerprint density at radius 1 is 1.50 bits per heavy atom. The van der Waals surface area contributed by atoms with Crippen LogP contribution in [0.4, 0.5) is 5.69 Å². The van der Waals surface area contributed by atoms with Crippen molar-refractivity contribution < 1.29 is 19.8 Å². The molecule has 0 bridgehead atoms. The third-order valence-corrected chi connectivity index (χ3v) is 2.92. The van der Waals surface area contributed by atoms with Gasteiger partial charge in [-0.25, -0.2) is 0 Å². The first-order chi connectivity index (χ1) is 12.8. The van der Waals surface area contributed by atoms with E-state index in [1.54, 1.807) is 6.92 Å². The van der Waals surface area contributed by atoms with Gasteiger partial charge in [-0.3, -0.25) is 0 Å². The first-order valence-electron chi connectivity index (χ1n) is 11.2. The molecule has 0 aromatic heterocycles. The van der Waals surface area contributed by atoms with E-state index in [2.05, 4.69) is 5.32 Å². The van der Waals surface area contributed by atoms with Gasteiger partial charge in [-0.05, 0) is 75.6 Å². The molecule has 1 aliphatic heterocycles. The van der Waals surface area contributed by atoms with Crippen LogP contribution in [0.25, 0.3) is 0 Å². The van der Waals surface area contributed by atoms with E-state index >= 15 is 0 Å². The summed E-state index contributed by atoms with van der Waals surface area (Å²) in [5, 5.41) is 2.29. The summed E-state index contributed by atoms with van der Waals surface area (Å²) in [7, 11) is 0. The lowest BCUT2D eigenvalue weighted by Gasteiger charge is -2.25. The highest BCUT2D eigenvalue weighted by Gasteiger charge is 2.19. The maximum atomic E-state index is 8.02. The number of nitrogen functional groups attached to an aromatic ring is 1. The second kappa shape index (κ2) is 5.61. The average molecular weight is 259 g/mol. The minimum absolute atomic E-state index is 0.0682. The second-order valence-electron chi connectivity index (χ2n) is 4.26. The maximum Gasteiger partial charge on any atom is 0.142 e. The van der Waals surface area contributed by atoms with Crippen molar-refractivity contribution in [3.05, 3.63) is 23.3 Å². The molecular weight excluding hydrogens is 224 g/mol. The molecule has 0 unspecified atom stereocenters. The molecule has 2 rings (SSSR count). The standard InChI is InChI=1S/C15H24N2O/c1-10(2)18-15-9-13(11(3)8-14(15)16)12-4-6-17-7-5-12/h8-10,12,17H,4-7,16H2,1-3H3/i1D3,2D3,6D2,7D2,10D. The van der Waals surface area contributed by atoms with E-state index < -0.39 is 38.7 Å². The predicted octanol–water partition coefficient (Wildman–Crippen LogP) is 2.83. The van der Waals surface area contributed by atoms with Crippen molar-refractivity contribution in [1.82, 2.24) is 5.32 Å². The Hall–Kier alpha value is -1.22. The lowest BCUT2D eigenvalue weighted by Crippen LogP contribution is -2.27. The summed E-state index contributed by atoms with van der Waals surface area (Å²) in [6.07, 6.45) is -3.40. The van der Waals surface area contributed by atoms with Gasteiger partial charge in [-0.1, -0.05) is 0 Å². The topological polar surface area (TPSA) is 47.3 Å². The summed E-state index contributed by atoms with van der Waals surface area (Å²) >= 11 is 0. The molecule has 0 atom stereocenters. The van der Waals surface area contributed by atoms with Crippen molar-refractivity contribution in [2.45, 2.75) is 45.5 Å². The Morgan fingerprint density at radius 2 is 2.22 bits per heavy atom. The molecule has 3 nitrogen and oxygen atoms in total. The molecule has 1 aliphatic rings. The Balaban J connectivity index is 2.52. The van der Waals surface area contributed by atoms with Crippen molar-refractivity contribution in [3.8, 4) is 5.75 Å². The number of anilines is 1. The monoisotopic (exact) mass is 259 g/mol. The SMILES string of the molecule is [2H]C1([2H])CC(c2cc(OC([2H])(C([2H])([2H])[2H])C([2H])([2H])[2H])c(N)cc2C)CC([2H])([2H])N1. The highest BCUT2D eigenvalue weighted by atomic mass is 16.5. The molecule has 0 amide bonds. The summed E-state index contributed by atoms with van der Waals surface area (Å²) in [6.45, 7) is -8.92. The van der Waals surface area contributed by atoms with Gasteiger partial charge in [0.15, 0.2) is 0 Å². The molecule has 1 aromatic rings. The van der Waals surface area contributed by atoms with Crippen LogP contribution in [0.15, 0.2) is 12.1 Å². The normalized spacial score (nSPS) is 33.7. The molecule has 18 heavy (non-hydrogen) atoms. The molecule has 0 spiro atoms. The molecule has 1 fully saturated rings.